The van der Waals surface area contributed by atoms with Crippen LogP contribution in [0.1, 0.15) is 24.3 Å². The van der Waals surface area contributed by atoms with Gasteiger partial charge in [0.15, 0.2) is 0 Å². The maximum absolute atomic E-state index is 13.2. The Balaban J connectivity index is 1.60. The third kappa shape index (κ3) is 3.02. The summed E-state index contributed by atoms with van der Waals surface area (Å²) in [7, 11) is 0. The van der Waals surface area contributed by atoms with Crippen LogP contribution >= 0.6 is 0 Å². The van der Waals surface area contributed by atoms with Gasteiger partial charge in [0, 0.05) is 23.9 Å². The van der Waals surface area contributed by atoms with Crippen molar-refractivity contribution in [3.05, 3.63) is 70.0 Å². The van der Waals surface area contributed by atoms with Gasteiger partial charge in [-0.15, -0.1) is 0 Å². The number of hydrogen-bond donors (Lipinski definition) is 1. The molecular weight excluding hydrogens is 271 g/mol. The van der Waals surface area contributed by atoms with E-state index in [0.717, 1.165) is 24.1 Å². The summed E-state index contributed by atoms with van der Waals surface area (Å²) in [5.41, 5.74) is 1.86. The van der Waals surface area contributed by atoms with Crippen LogP contribution in [0.5, 0.6) is 0 Å². The van der Waals surface area contributed by atoms with Crippen molar-refractivity contribution in [2.75, 3.05) is 5.32 Å². The molecule has 21 heavy (non-hydrogen) atoms. The van der Waals surface area contributed by atoms with Crippen molar-refractivity contribution in [2.45, 2.75) is 24.8 Å². The van der Waals surface area contributed by atoms with Crippen LogP contribution < -0.4 is 5.32 Å². The number of nitrogens with zero attached hydrogens (tertiary/aromatic N) is 1. The Morgan fingerprint density at radius 2 is 1.90 bits per heavy atom. The van der Waals surface area contributed by atoms with E-state index >= 15 is 0 Å². The van der Waals surface area contributed by atoms with Crippen molar-refractivity contribution in [3.8, 4) is 0 Å². The lowest BCUT2D eigenvalue weighted by Crippen LogP contribution is -2.34. The Morgan fingerprint density at radius 1 is 1.14 bits per heavy atom. The number of hydrogen-bond acceptors (Lipinski definition) is 3. The molecule has 0 amide bonds. The molecular formula is C16H15FN2O2. The van der Waals surface area contributed by atoms with Gasteiger partial charge in [-0.3, -0.25) is 10.1 Å². The molecule has 0 radical (unpaired) electrons. The minimum absolute atomic E-state index is 0.0843. The van der Waals surface area contributed by atoms with Gasteiger partial charge in [0.05, 0.1) is 4.92 Å². The molecule has 1 N–H and O–H groups in total. The Labute approximate surface area is 121 Å². The summed E-state index contributed by atoms with van der Waals surface area (Å²) in [6, 6.07) is 13.5. The van der Waals surface area contributed by atoms with E-state index in [2.05, 4.69) is 5.32 Å². The topological polar surface area (TPSA) is 55.2 Å². The van der Waals surface area contributed by atoms with Gasteiger partial charge in [-0.25, -0.2) is 4.39 Å². The summed E-state index contributed by atoms with van der Waals surface area (Å²) in [6.07, 6.45) is 1.82. The monoisotopic (exact) mass is 286 g/mol. The number of benzene rings is 2. The lowest BCUT2D eigenvalue weighted by molar-refractivity contribution is -0.384. The highest BCUT2D eigenvalue weighted by Gasteiger charge is 2.30. The second-order valence-corrected chi connectivity index (χ2v) is 5.37. The van der Waals surface area contributed by atoms with Crippen LogP contribution in [0, 0.1) is 15.9 Å². The summed E-state index contributed by atoms with van der Waals surface area (Å²) in [4.78, 5) is 10.3. The second kappa shape index (κ2) is 5.52. The first-order valence-electron chi connectivity index (χ1n) is 6.88. The molecule has 0 saturated heterocycles. The van der Waals surface area contributed by atoms with Crippen LogP contribution in [-0.4, -0.2) is 11.0 Å². The first kappa shape index (κ1) is 13.5. The van der Waals surface area contributed by atoms with E-state index in [4.69, 9.17) is 0 Å². The number of non-ortho nitro benzene ring substituents is 1. The second-order valence-electron chi connectivity index (χ2n) is 5.37. The van der Waals surface area contributed by atoms with Crippen molar-refractivity contribution in [2.24, 2.45) is 0 Å². The fourth-order valence-electron chi connectivity index (χ4n) is 2.71. The molecule has 0 atom stereocenters. The minimum Gasteiger partial charge on any atom is -0.382 e. The van der Waals surface area contributed by atoms with E-state index in [1.807, 2.05) is 12.1 Å². The lowest BCUT2D eigenvalue weighted by Gasteiger charge is -2.36. The van der Waals surface area contributed by atoms with E-state index in [0.29, 0.717) is 5.92 Å². The van der Waals surface area contributed by atoms with Crippen LogP contribution in [0.3, 0.4) is 0 Å². The molecule has 0 heterocycles. The lowest BCUT2D eigenvalue weighted by atomic mass is 9.76. The van der Waals surface area contributed by atoms with E-state index in [1.165, 1.54) is 18.2 Å². The van der Waals surface area contributed by atoms with Gasteiger partial charge in [-0.05, 0) is 42.5 Å². The van der Waals surface area contributed by atoms with Crippen molar-refractivity contribution in [1.29, 1.82) is 0 Å². The Bertz CT molecular complexity index is 669. The molecule has 1 fully saturated rings. The molecule has 0 bridgehead atoms. The Morgan fingerprint density at radius 3 is 2.62 bits per heavy atom. The molecule has 3 rings (SSSR count). The third-order valence-corrected chi connectivity index (χ3v) is 3.89. The average molecular weight is 286 g/mol. The first-order chi connectivity index (χ1) is 10.1. The predicted molar refractivity (Wildman–Crippen MR) is 78.9 cm³/mol. The molecule has 2 aromatic carbocycles. The number of nitro benzene ring substituents is 1. The predicted octanol–water partition coefficient (Wildman–Crippen LogP) is 4.09. The van der Waals surface area contributed by atoms with Crippen LogP contribution in [0.2, 0.25) is 0 Å². The van der Waals surface area contributed by atoms with Crippen LogP contribution in [0.4, 0.5) is 15.8 Å². The van der Waals surface area contributed by atoms with Crippen molar-refractivity contribution >= 4 is 11.4 Å². The molecule has 108 valence electrons. The third-order valence-electron chi connectivity index (χ3n) is 3.89. The van der Waals surface area contributed by atoms with Gasteiger partial charge in [-0.2, -0.15) is 0 Å². The zero-order valence-corrected chi connectivity index (χ0v) is 11.3. The highest BCUT2D eigenvalue weighted by Crippen LogP contribution is 2.38. The number of nitro groups is 1. The molecule has 4 nitrogen and oxygen atoms in total. The quantitative estimate of drug-likeness (QED) is 0.680. The normalized spacial score (nSPS) is 20.6. The SMILES string of the molecule is O=[N+]([O-])c1cccc(NC2CC(c3cccc(F)c3)C2)c1. The Kier molecular flexibility index (Phi) is 3.56. The molecule has 0 unspecified atom stereocenters. The molecule has 1 aliphatic carbocycles. The summed E-state index contributed by atoms with van der Waals surface area (Å²) < 4.78 is 13.2. The number of halogens is 1. The van der Waals surface area contributed by atoms with Crippen molar-refractivity contribution in [1.82, 2.24) is 0 Å². The van der Waals surface area contributed by atoms with Crippen molar-refractivity contribution in [3.63, 3.8) is 0 Å². The summed E-state index contributed by atoms with van der Waals surface area (Å²) in [6.45, 7) is 0. The highest BCUT2D eigenvalue weighted by atomic mass is 19.1. The largest absolute Gasteiger partial charge is 0.382 e. The fraction of sp³-hybridized carbons (Fsp3) is 0.250. The molecule has 0 spiro atoms. The maximum atomic E-state index is 13.2. The van der Waals surface area contributed by atoms with Gasteiger partial charge < -0.3 is 5.32 Å². The van der Waals surface area contributed by atoms with Crippen molar-refractivity contribution < 1.29 is 9.31 Å². The van der Waals surface area contributed by atoms with Gasteiger partial charge in [-0.1, -0.05) is 18.2 Å². The van der Waals surface area contributed by atoms with E-state index in [1.54, 1.807) is 18.2 Å². The van der Waals surface area contributed by atoms with E-state index in [-0.39, 0.29) is 17.5 Å². The first-order valence-corrected chi connectivity index (χ1v) is 6.88. The Hall–Kier alpha value is -2.43. The molecule has 2 aromatic rings. The van der Waals surface area contributed by atoms with Crippen LogP contribution in [0.15, 0.2) is 48.5 Å². The molecule has 5 heteroatoms. The molecule has 0 aliphatic heterocycles. The smallest absolute Gasteiger partial charge is 0.271 e. The zero-order chi connectivity index (χ0) is 14.8. The molecule has 1 aliphatic rings. The fourth-order valence-corrected chi connectivity index (χ4v) is 2.71. The standard InChI is InChI=1S/C16H15FN2O2/c17-13-4-1-3-11(7-13)12-8-15(9-12)18-14-5-2-6-16(10-14)19(20)21/h1-7,10,12,15,18H,8-9H2. The van der Waals surface area contributed by atoms with Crippen LogP contribution in [0.25, 0.3) is 0 Å². The average Bonchev–Trinajstić information content (AvgIpc) is 2.42. The highest BCUT2D eigenvalue weighted by molar-refractivity contribution is 5.52. The molecule has 1 saturated carbocycles. The number of rotatable bonds is 4. The van der Waals surface area contributed by atoms with Gasteiger partial charge >= 0.3 is 0 Å². The van der Waals surface area contributed by atoms with Gasteiger partial charge in [0.1, 0.15) is 5.82 Å². The number of anilines is 1. The van der Waals surface area contributed by atoms with E-state index < -0.39 is 4.92 Å². The van der Waals surface area contributed by atoms with E-state index in [9.17, 15) is 14.5 Å². The van der Waals surface area contributed by atoms with Crippen LogP contribution in [-0.2, 0) is 0 Å². The summed E-state index contributed by atoms with van der Waals surface area (Å²) >= 11 is 0. The summed E-state index contributed by atoms with van der Waals surface area (Å²) in [5, 5.41) is 14.0. The zero-order valence-electron chi connectivity index (χ0n) is 11.3. The molecule has 0 aromatic heterocycles. The van der Waals surface area contributed by atoms with Gasteiger partial charge in [0.2, 0.25) is 0 Å². The summed E-state index contributed by atoms with van der Waals surface area (Å²) in [5.74, 6) is 0.152. The van der Waals surface area contributed by atoms with Gasteiger partial charge in [0.25, 0.3) is 5.69 Å². The number of nitrogens with one attached hydrogen (secondary N) is 1. The minimum atomic E-state index is -0.401. The maximum Gasteiger partial charge on any atom is 0.271 e.